The van der Waals surface area contributed by atoms with Crippen LogP contribution in [0.4, 0.5) is 28.9 Å². The number of nitro benzene ring substituents is 1. The van der Waals surface area contributed by atoms with Crippen LogP contribution < -0.4 is 4.90 Å². The molecular weight excluding hydrogens is 404 g/mol. The van der Waals surface area contributed by atoms with Gasteiger partial charge >= 0.3 is 18.1 Å². The highest BCUT2D eigenvalue weighted by atomic mass is 19.4. The molecule has 0 amide bonds. The van der Waals surface area contributed by atoms with Crippen molar-refractivity contribution >= 4 is 23.3 Å². The molecule has 29 heavy (non-hydrogen) atoms. The molecule has 0 atom stereocenters. The van der Waals surface area contributed by atoms with E-state index in [9.17, 15) is 37.3 Å². The summed E-state index contributed by atoms with van der Waals surface area (Å²) in [6.45, 7) is 0. The lowest BCUT2D eigenvalue weighted by Gasteiger charge is -2.23. The van der Waals surface area contributed by atoms with E-state index in [1.165, 1.54) is 12.2 Å². The summed E-state index contributed by atoms with van der Waals surface area (Å²) in [6.07, 6.45) is -0.560. The molecule has 0 radical (unpaired) electrons. The predicted molar refractivity (Wildman–Crippen MR) is 89.9 cm³/mol. The number of methoxy groups -OCH3 is 2. The van der Waals surface area contributed by atoms with Crippen molar-refractivity contribution in [3.05, 3.63) is 69.3 Å². The summed E-state index contributed by atoms with van der Waals surface area (Å²) in [5, 5.41) is 11.4. The Morgan fingerprint density at radius 3 is 2.24 bits per heavy atom. The largest absolute Gasteiger partial charge is 0.465 e. The lowest BCUT2D eigenvalue weighted by molar-refractivity contribution is -0.384. The van der Waals surface area contributed by atoms with Gasteiger partial charge in [0.25, 0.3) is 5.69 Å². The number of rotatable bonds is 4. The number of nitro groups is 1. The van der Waals surface area contributed by atoms with Gasteiger partial charge < -0.3 is 14.4 Å². The monoisotopic (exact) mass is 416 g/mol. The maximum atomic E-state index is 14.1. The van der Waals surface area contributed by atoms with E-state index in [4.69, 9.17) is 0 Å². The highest BCUT2D eigenvalue weighted by Gasteiger charge is 2.39. The molecule has 0 unspecified atom stereocenters. The van der Waals surface area contributed by atoms with Crippen LogP contribution in [0.25, 0.3) is 0 Å². The highest BCUT2D eigenvalue weighted by molar-refractivity contribution is 6.05. The number of carbonyl (C=O) groups is 2. The number of nitrogens with zero attached hydrogens (tertiary/aromatic N) is 2. The van der Waals surface area contributed by atoms with Crippen LogP contribution in [-0.4, -0.2) is 31.1 Å². The standard InChI is InChI=1S/C17H12F4N2O6/c1-28-15(24)9-5-3-4-6-22(14(9)16(25)29-2)12-8-11(18)10(17(19,20)21)7-13(12)23(26)27/h3-8H,1-2H3. The van der Waals surface area contributed by atoms with Crippen molar-refractivity contribution in [2.24, 2.45) is 0 Å². The van der Waals surface area contributed by atoms with Crippen LogP contribution in [0, 0.1) is 15.9 Å². The second kappa shape index (κ2) is 8.12. The molecule has 1 aromatic carbocycles. The number of hydrogen-bond acceptors (Lipinski definition) is 7. The summed E-state index contributed by atoms with van der Waals surface area (Å²) in [6, 6.07) is 0.248. The second-order valence-electron chi connectivity index (χ2n) is 5.39. The first kappa shape index (κ1) is 21.6. The van der Waals surface area contributed by atoms with Crippen molar-refractivity contribution in [2.75, 3.05) is 19.1 Å². The molecule has 1 aliphatic heterocycles. The van der Waals surface area contributed by atoms with E-state index in [0.717, 1.165) is 26.5 Å². The topological polar surface area (TPSA) is 99.0 Å². The molecule has 1 heterocycles. The van der Waals surface area contributed by atoms with Crippen LogP contribution in [0.2, 0.25) is 0 Å². The summed E-state index contributed by atoms with van der Waals surface area (Å²) < 4.78 is 62.1. The zero-order valence-corrected chi connectivity index (χ0v) is 14.8. The van der Waals surface area contributed by atoms with Crippen LogP contribution in [0.1, 0.15) is 5.56 Å². The third-order valence-corrected chi connectivity index (χ3v) is 3.72. The minimum atomic E-state index is -5.19. The molecule has 12 heteroatoms. The number of carbonyl (C=O) groups excluding carboxylic acids is 2. The van der Waals surface area contributed by atoms with Gasteiger partial charge in [-0.05, 0) is 12.2 Å². The Morgan fingerprint density at radius 2 is 1.72 bits per heavy atom. The van der Waals surface area contributed by atoms with Crippen molar-refractivity contribution in [1.82, 2.24) is 0 Å². The molecule has 154 valence electrons. The summed E-state index contributed by atoms with van der Waals surface area (Å²) in [5.74, 6) is -4.02. The van der Waals surface area contributed by atoms with Gasteiger partial charge in [-0.3, -0.25) is 10.1 Å². The van der Waals surface area contributed by atoms with Gasteiger partial charge in [0.2, 0.25) is 0 Å². The molecule has 0 N–H and O–H groups in total. The molecule has 0 saturated carbocycles. The molecule has 1 aliphatic rings. The lowest BCUT2D eigenvalue weighted by atomic mass is 10.1. The summed E-state index contributed by atoms with van der Waals surface area (Å²) in [5.41, 5.74) is -4.79. The number of ether oxygens (including phenoxy) is 2. The molecule has 0 spiro atoms. The first-order valence-corrected chi connectivity index (χ1v) is 7.63. The molecular formula is C17H12F4N2O6. The van der Waals surface area contributed by atoms with Crippen molar-refractivity contribution in [1.29, 1.82) is 0 Å². The normalized spacial score (nSPS) is 13.9. The van der Waals surface area contributed by atoms with Crippen LogP contribution in [0.15, 0.2) is 47.8 Å². The van der Waals surface area contributed by atoms with Crippen molar-refractivity contribution in [2.45, 2.75) is 6.18 Å². The van der Waals surface area contributed by atoms with E-state index >= 15 is 0 Å². The van der Waals surface area contributed by atoms with E-state index in [1.807, 2.05) is 0 Å². The number of esters is 2. The van der Waals surface area contributed by atoms with Gasteiger partial charge in [-0.1, -0.05) is 6.08 Å². The van der Waals surface area contributed by atoms with E-state index in [2.05, 4.69) is 9.47 Å². The van der Waals surface area contributed by atoms with E-state index in [1.54, 1.807) is 0 Å². The van der Waals surface area contributed by atoms with Gasteiger partial charge in [-0.15, -0.1) is 0 Å². The Kier molecular flexibility index (Phi) is 6.05. The fourth-order valence-corrected chi connectivity index (χ4v) is 2.46. The Balaban J connectivity index is 2.86. The number of allylic oxidation sites excluding steroid dienone is 2. The van der Waals surface area contributed by atoms with Gasteiger partial charge in [0, 0.05) is 18.3 Å². The van der Waals surface area contributed by atoms with E-state index < -0.39 is 57.1 Å². The van der Waals surface area contributed by atoms with Gasteiger partial charge in [-0.2, -0.15) is 13.2 Å². The minimum absolute atomic E-state index is 0.00351. The number of halogens is 4. The third kappa shape index (κ3) is 4.25. The maximum Gasteiger partial charge on any atom is 0.419 e. The van der Waals surface area contributed by atoms with Crippen molar-refractivity contribution in [3.8, 4) is 0 Å². The molecule has 1 aromatic rings. The van der Waals surface area contributed by atoms with Gasteiger partial charge in [0.1, 0.15) is 17.2 Å². The smallest absolute Gasteiger partial charge is 0.419 e. The molecule has 8 nitrogen and oxygen atoms in total. The summed E-state index contributed by atoms with van der Waals surface area (Å²) in [7, 11) is 1.95. The van der Waals surface area contributed by atoms with E-state index in [-0.39, 0.29) is 12.1 Å². The molecule has 0 aromatic heterocycles. The predicted octanol–water partition coefficient (Wildman–Crippen LogP) is 3.24. The number of benzene rings is 1. The first-order valence-electron chi connectivity index (χ1n) is 7.63. The van der Waals surface area contributed by atoms with Crippen LogP contribution in [0.5, 0.6) is 0 Å². The average molecular weight is 416 g/mol. The molecule has 0 saturated heterocycles. The average Bonchev–Trinajstić information content (AvgIpc) is 2.88. The number of hydrogen-bond donors (Lipinski definition) is 0. The van der Waals surface area contributed by atoms with Crippen LogP contribution >= 0.6 is 0 Å². The van der Waals surface area contributed by atoms with Crippen molar-refractivity contribution < 1.29 is 41.5 Å². The zero-order valence-electron chi connectivity index (χ0n) is 14.8. The Hall–Kier alpha value is -3.70. The Labute approximate surface area is 160 Å². The number of alkyl halides is 3. The summed E-state index contributed by atoms with van der Waals surface area (Å²) >= 11 is 0. The van der Waals surface area contributed by atoms with Crippen molar-refractivity contribution in [3.63, 3.8) is 0 Å². The fourth-order valence-electron chi connectivity index (χ4n) is 2.46. The first-order chi connectivity index (χ1) is 13.5. The van der Waals surface area contributed by atoms with E-state index in [0.29, 0.717) is 4.90 Å². The molecule has 0 bridgehead atoms. The molecule has 2 rings (SSSR count). The SMILES string of the molecule is COC(=O)C1=C(C(=O)OC)N(c2cc(F)c(C(F)(F)F)cc2[N+](=O)[O-])C=CC=C1. The van der Waals surface area contributed by atoms with Crippen LogP contribution in [0.3, 0.4) is 0 Å². The van der Waals surface area contributed by atoms with Gasteiger partial charge in [-0.25, -0.2) is 14.0 Å². The zero-order chi connectivity index (χ0) is 21.9. The highest BCUT2D eigenvalue weighted by Crippen LogP contribution is 2.40. The quantitative estimate of drug-likeness (QED) is 0.322. The van der Waals surface area contributed by atoms with Gasteiger partial charge in [0.15, 0.2) is 0 Å². The minimum Gasteiger partial charge on any atom is -0.465 e. The molecule has 0 aliphatic carbocycles. The molecule has 0 fully saturated rings. The third-order valence-electron chi connectivity index (χ3n) is 3.72. The Bertz CT molecular complexity index is 965. The van der Waals surface area contributed by atoms with Crippen LogP contribution in [-0.2, 0) is 25.2 Å². The second-order valence-corrected chi connectivity index (χ2v) is 5.39. The summed E-state index contributed by atoms with van der Waals surface area (Å²) in [4.78, 5) is 35.2. The maximum absolute atomic E-state index is 14.1. The number of anilines is 1. The van der Waals surface area contributed by atoms with Gasteiger partial charge in [0.05, 0.1) is 30.3 Å². The Morgan fingerprint density at radius 1 is 1.10 bits per heavy atom. The lowest BCUT2D eigenvalue weighted by Crippen LogP contribution is -2.27. The fraction of sp³-hybridized carbons (Fsp3) is 0.176.